The molecule has 2 saturated heterocycles. The van der Waals surface area contributed by atoms with E-state index >= 15 is 0 Å². The van der Waals surface area contributed by atoms with Crippen LogP contribution in [0.5, 0.6) is 0 Å². The normalized spacial score (nSPS) is 32.2. The Hall–Kier alpha value is -0.120. The predicted molar refractivity (Wildman–Crippen MR) is 78.0 cm³/mol. The highest BCUT2D eigenvalue weighted by Crippen LogP contribution is 2.29. The summed E-state index contributed by atoms with van der Waals surface area (Å²) in [5, 5.41) is 3.51. The van der Waals surface area contributed by atoms with Crippen molar-refractivity contribution in [3.05, 3.63) is 0 Å². The summed E-state index contributed by atoms with van der Waals surface area (Å²) in [5.41, 5.74) is 0. The average Bonchev–Trinajstić information content (AvgIpc) is 2.37. The van der Waals surface area contributed by atoms with Crippen LogP contribution < -0.4 is 5.32 Å². The first-order valence-electron chi connectivity index (χ1n) is 7.86. The van der Waals surface area contributed by atoms with Crippen molar-refractivity contribution in [1.82, 2.24) is 15.1 Å². The third kappa shape index (κ3) is 3.69. The lowest BCUT2D eigenvalue weighted by Crippen LogP contribution is -2.53. The summed E-state index contributed by atoms with van der Waals surface area (Å²) in [4.78, 5) is 5.31. The van der Waals surface area contributed by atoms with Gasteiger partial charge >= 0.3 is 0 Å². The van der Waals surface area contributed by atoms with Gasteiger partial charge in [0.25, 0.3) is 0 Å². The standard InChI is InChI=1S/C15H31N3/c1-4-16-13(2)7-10-18-11-8-15-14(12-18)6-5-9-17(15)3/h13-16H,4-12H2,1-3H3. The van der Waals surface area contributed by atoms with Crippen LogP contribution >= 0.6 is 0 Å². The van der Waals surface area contributed by atoms with E-state index in [0.717, 1.165) is 18.5 Å². The van der Waals surface area contributed by atoms with Gasteiger partial charge in [-0.25, -0.2) is 0 Å². The molecule has 3 nitrogen and oxygen atoms in total. The summed E-state index contributed by atoms with van der Waals surface area (Å²) in [6.07, 6.45) is 5.53. The van der Waals surface area contributed by atoms with Crippen molar-refractivity contribution in [1.29, 1.82) is 0 Å². The lowest BCUT2D eigenvalue weighted by Gasteiger charge is -2.46. The highest BCUT2D eigenvalue weighted by atomic mass is 15.2. The Morgan fingerprint density at radius 1 is 1.28 bits per heavy atom. The highest BCUT2D eigenvalue weighted by molar-refractivity contribution is 4.89. The van der Waals surface area contributed by atoms with E-state index in [1.807, 2.05) is 0 Å². The van der Waals surface area contributed by atoms with Gasteiger partial charge < -0.3 is 15.1 Å². The molecule has 3 atom stereocenters. The molecule has 2 aliphatic rings. The quantitative estimate of drug-likeness (QED) is 0.806. The molecule has 2 aliphatic heterocycles. The number of likely N-dealkylation sites (tertiary alicyclic amines) is 2. The number of nitrogens with zero attached hydrogens (tertiary/aromatic N) is 2. The van der Waals surface area contributed by atoms with Gasteiger partial charge in [0.2, 0.25) is 0 Å². The Kier molecular flexibility index (Phi) is 5.46. The molecule has 0 bridgehead atoms. The van der Waals surface area contributed by atoms with Crippen molar-refractivity contribution < 1.29 is 0 Å². The number of hydrogen-bond donors (Lipinski definition) is 1. The summed E-state index contributed by atoms with van der Waals surface area (Å²) < 4.78 is 0. The number of nitrogens with one attached hydrogen (secondary N) is 1. The van der Waals surface area contributed by atoms with Gasteiger partial charge in [-0.05, 0) is 71.8 Å². The van der Waals surface area contributed by atoms with E-state index in [2.05, 4.69) is 36.0 Å². The molecular formula is C15H31N3. The molecule has 0 radical (unpaired) electrons. The molecule has 18 heavy (non-hydrogen) atoms. The van der Waals surface area contributed by atoms with Gasteiger partial charge in [-0.2, -0.15) is 0 Å². The zero-order chi connectivity index (χ0) is 13.0. The van der Waals surface area contributed by atoms with Gasteiger partial charge in [0.05, 0.1) is 0 Å². The van der Waals surface area contributed by atoms with Crippen molar-refractivity contribution in [2.24, 2.45) is 5.92 Å². The summed E-state index contributed by atoms with van der Waals surface area (Å²) in [5.74, 6) is 0.937. The second-order valence-corrected chi connectivity index (χ2v) is 6.29. The maximum Gasteiger partial charge on any atom is 0.0145 e. The Bertz CT molecular complexity index is 244. The molecule has 0 aromatic carbocycles. The van der Waals surface area contributed by atoms with Gasteiger partial charge in [-0.1, -0.05) is 6.92 Å². The van der Waals surface area contributed by atoms with Crippen LogP contribution in [0, 0.1) is 5.92 Å². The number of fused-ring (bicyclic) bond motifs is 1. The van der Waals surface area contributed by atoms with Gasteiger partial charge in [0, 0.05) is 18.6 Å². The van der Waals surface area contributed by atoms with Gasteiger partial charge in [-0.15, -0.1) is 0 Å². The lowest BCUT2D eigenvalue weighted by molar-refractivity contribution is 0.0374. The summed E-state index contributed by atoms with van der Waals surface area (Å²) >= 11 is 0. The fraction of sp³-hybridized carbons (Fsp3) is 1.00. The highest BCUT2D eigenvalue weighted by Gasteiger charge is 2.33. The first kappa shape index (κ1) is 14.3. The zero-order valence-electron chi connectivity index (χ0n) is 12.5. The summed E-state index contributed by atoms with van der Waals surface area (Å²) in [7, 11) is 2.32. The topological polar surface area (TPSA) is 18.5 Å². The molecule has 3 heteroatoms. The largest absolute Gasteiger partial charge is 0.314 e. The number of hydrogen-bond acceptors (Lipinski definition) is 3. The first-order valence-corrected chi connectivity index (χ1v) is 7.86. The molecule has 2 heterocycles. The van der Waals surface area contributed by atoms with Crippen molar-refractivity contribution in [2.75, 3.05) is 39.8 Å². The third-order valence-electron chi connectivity index (χ3n) is 4.86. The van der Waals surface area contributed by atoms with Gasteiger partial charge in [-0.3, -0.25) is 0 Å². The van der Waals surface area contributed by atoms with Crippen LogP contribution in [0.4, 0.5) is 0 Å². The maximum absolute atomic E-state index is 3.51. The Morgan fingerprint density at radius 2 is 2.11 bits per heavy atom. The van der Waals surface area contributed by atoms with Crippen LogP contribution in [0.1, 0.15) is 39.5 Å². The van der Waals surface area contributed by atoms with E-state index < -0.39 is 0 Å². The molecule has 0 aromatic rings. The molecule has 2 fully saturated rings. The fourth-order valence-electron chi connectivity index (χ4n) is 3.76. The smallest absolute Gasteiger partial charge is 0.0145 e. The SMILES string of the molecule is CCNC(C)CCN1CCC2C(CCCN2C)C1. The van der Waals surface area contributed by atoms with Crippen molar-refractivity contribution in [2.45, 2.75) is 51.6 Å². The van der Waals surface area contributed by atoms with Crippen LogP contribution in [0.3, 0.4) is 0 Å². The van der Waals surface area contributed by atoms with Crippen LogP contribution in [0.2, 0.25) is 0 Å². The maximum atomic E-state index is 3.51. The molecule has 3 unspecified atom stereocenters. The van der Waals surface area contributed by atoms with Crippen LogP contribution in [0.25, 0.3) is 0 Å². The minimum absolute atomic E-state index is 0.668. The molecule has 1 N–H and O–H groups in total. The lowest BCUT2D eigenvalue weighted by atomic mass is 9.84. The van der Waals surface area contributed by atoms with E-state index in [1.54, 1.807) is 0 Å². The Morgan fingerprint density at radius 3 is 2.89 bits per heavy atom. The molecular weight excluding hydrogens is 222 g/mol. The molecule has 0 aromatic heterocycles. The molecule has 0 amide bonds. The van der Waals surface area contributed by atoms with Crippen LogP contribution in [-0.2, 0) is 0 Å². The van der Waals surface area contributed by atoms with E-state index in [1.165, 1.54) is 51.9 Å². The second kappa shape index (κ2) is 6.88. The second-order valence-electron chi connectivity index (χ2n) is 6.29. The number of piperidine rings is 2. The summed E-state index contributed by atoms with van der Waals surface area (Å²) in [6, 6.07) is 1.54. The van der Waals surface area contributed by atoms with Crippen molar-refractivity contribution >= 4 is 0 Å². The van der Waals surface area contributed by atoms with E-state index in [-0.39, 0.29) is 0 Å². The van der Waals surface area contributed by atoms with E-state index in [9.17, 15) is 0 Å². The predicted octanol–water partition coefficient (Wildman–Crippen LogP) is 1.79. The van der Waals surface area contributed by atoms with Crippen LogP contribution in [0.15, 0.2) is 0 Å². The van der Waals surface area contributed by atoms with Gasteiger partial charge in [0.15, 0.2) is 0 Å². The third-order valence-corrected chi connectivity index (χ3v) is 4.86. The summed E-state index contributed by atoms with van der Waals surface area (Å²) in [6.45, 7) is 10.8. The minimum Gasteiger partial charge on any atom is -0.314 e. The zero-order valence-corrected chi connectivity index (χ0v) is 12.5. The molecule has 0 aliphatic carbocycles. The Balaban J connectivity index is 1.73. The van der Waals surface area contributed by atoms with E-state index in [0.29, 0.717) is 6.04 Å². The first-order chi connectivity index (χ1) is 8.70. The monoisotopic (exact) mass is 253 g/mol. The van der Waals surface area contributed by atoms with E-state index in [4.69, 9.17) is 0 Å². The van der Waals surface area contributed by atoms with Crippen molar-refractivity contribution in [3.63, 3.8) is 0 Å². The molecule has 0 saturated carbocycles. The number of rotatable bonds is 5. The van der Waals surface area contributed by atoms with Gasteiger partial charge in [0.1, 0.15) is 0 Å². The fourth-order valence-corrected chi connectivity index (χ4v) is 3.76. The molecule has 2 rings (SSSR count). The molecule has 106 valence electrons. The van der Waals surface area contributed by atoms with Crippen molar-refractivity contribution in [3.8, 4) is 0 Å². The van der Waals surface area contributed by atoms with Crippen LogP contribution in [-0.4, -0.2) is 61.7 Å². The average molecular weight is 253 g/mol. The Labute approximate surface area is 113 Å². The molecule has 0 spiro atoms. The minimum atomic E-state index is 0.668.